The molecule has 0 fully saturated rings. The predicted octanol–water partition coefficient (Wildman–Crippen LogP) is 7.09. The maximum absolute atomic E-state index is 5.81. The summed E-state index contributed by atoms with van der Waals surface area (Å²) in [6.45, 7) is 2.27. The van der Waals surface area contributed by atoms with Crippen molar-refractivity contribution in [1.29, 1.82) is 0 Å². The van der Waals surface area contributed by atoms with Crippen LogP contribution < -0.4 is 20.9 Å². The van der Waals surface area contributed by atoms with E-state index in [9.17, 15) is 0 Å². The molecule has 0 unspecified atom stereocenters. The zero-order chi connectivity index (χ0) is 28.4. The van der Waals surface area contributed by atoms with E-state index in [0.29, 0.717) is 0 Å². The first-order valence-electron chi connectivity index (χ1n) is 14.4. The van der Waals surface area contributed by atoms with Gasteiger partial charge in [-0.1, -0.05) is 140 Å². The molecule has 2 aromatic heterocycles. The molecule has 7 rings (SSSR count). The lowest BCUT2D eigenvalue weighted by atomic mass is 9.98. The highest BCUT2D eigenvalue weighted by molar-refractivity contribution is 7.20. The van der Waals surface area contributed by atoms with E-state index >= 15 is 0 Å². The van der Waals surface area contributed by atoms with Crippen molar-refractivity contribution in [3.63, 3.8) is 0 Å². The minimum absolute atomic E-state index is 1.08. The van der Waals surface area contributed by atoms with Crippen LogP contribution in [0.4, 0.5) is 0 Å². The van der Waals surface area contributed by atoms with Gasteiger partial charge in [-0.15, -0.1) is 0 Å². The molecular formula is C39H31NOSi. The van der Waals surface area contributed by atoms with Crippen LogP contribution in [0.15, 0.2) is 175 Å². The maximum Gasteiger partial charge on any atom is 0.200 e. The molecule has 42 heavy (non-hydrogen) atoms. The normalized spacial score (nSPS) is 11.5. The number of benzene rings is 5. The summed E-state index contributed by atoms with van der Waals surface area (Å²) in [5.74, 6) is 0. The van der Waals surface area contributed by atoms with Crippen LogP contribution in [0, 0.1) is 6.92 Å². The van der Waals surface area contributed by atoms with Crippen LogP contribution in [-0.2, 0) is 0 Å². The first kappa shape index (κ1) is 25.8. The number of aromatic nitrogens is 1. The SMILES string of the molecule is Cc1c(-c2ccccc2)c(-c2ccoc2)c([Si](c2ccccc2)(c2ccccc2)c2ccccc2)n1-c1ccccc1. The van der Waals surface area contributed by atoms with Crippen LogP contribution in [-0.4, -0.2) is 12.6 Å². The van der Waals surface area contributed by atoms with Crippen molar-refractivity contribution >= 4 is 29.0 Å². The molecule has 7 aromatic rings. The molecule has 0 saturated heterocycles. The molecule has 0 aliphatic heterocycles. The number of rotatable bonds is 7. The Morgan fingerprint density at radius 1 is 0.476 bits per heavy atom. The fourth-order valence-corrected chi connectivity index (χ4v) is 11.7. The summed E-state index contributed by atoms with van der Waals surface area (Å²) in [6, 6.07) is 57.1. The van der Waals surface area contributed by atoms with Crippen LogP contribution in [0.25, 0.3) is 27.9 Å². The summed E-state index contributed by atoms with van der Waals surface area (Å²) in [7, 11) is -2.95. The topological polar surface area (TPSA) is 18.1 Å². The average molecular weight is 558 g/mol. The van der Waals surface area contributed by atoms with Crippen LogP contribution in [0.5, 0.6) is 0 Å². The molecule has 0 N–H and O–H groups in total. The summed E-state index contributed by atoms with van der Waals surface area (Å²) < 4.78 is 8.34. The Morgan fingerprint density at radius 2 is 0.929 bits per heavy atom. The van der Waals surface area contributed by atoms with Gasteiger partial charge >= 0.3 is 0 Å². The van der Waals surface area contributed by atoms with Gasteiger partial charge in [0, 0.05) is 33.4 Å². The van der Waals surface area contributed by atoms with Crippen molar-refractivity contribution in [3.8, 4) is 27.9 Å². The number of hydrogen-bond acceptors (Lipinski definition) is 1. The summed E-state index contributed by atoms with van der Waals surface area (Å²) in [5.41, 5.74) is 7.09. The molecule has 3 heteroatoms. The smallest absolute Gasteiger partial charge is 0.200 e. The van der Waals surface area contributed by atoms with Crippen molar-refractivity contribution in [3.05, 3.63) is 176 Å². The molecule has 0 radical (unpaired) electrons. The van der Waals surface area contributed by atoms with Crippen LogP contribution in [0.3, 0.4) is 0 Å². The molecule has 0 spiro atoms. The highest BCUT2D eigenvalue weighted by atomic mass is 28.3. The Labute approximate surface area is 248 Å². The van der Waals surface area contributed by atoms with E-state index in [1.807, 2.05) is 6.26 Å². The minimum atomic E-state index is -2.95. The highest BCUT2D eigenvalue weighted by Crippen LogP contribution is 2.38. The largest absolute Gasteiger partial charge is 0.472 e. The number of furan rings is 1. The predicted molar refractivity (Wildman–Crippen MR) is 177 cm³/mol. The first-order valence-corrected chi connectivity index (χ1v) is 16.4. The van der Waals surface area contributed by atoms with Gasteiger partial charge in [-0.2, -0.15) is 0 Å². The standard InChI is InChI=1S/C39H31NOSi/c1-30-37(31-17-7-2-8-18-31)38(32-27-28-41-29-32)39(40(30)33-19-9-3-10-20-33)42(34-21-11-4-12-22-34,35-23-13-5-14-24-35)36-25-15-6-16-26-36/h2-29H,1H3. The maximum atomic E-state index is 5.81. The summed E-state index contributed by atoms with van der Waals surface area (Å²) >= 11 is 0. The molecule has 0 aliphatic carbocycles. The number of para-hydroxylation sites is 1. The van der Waals surface area contributed by atoms with Gasteiger partial charge in [-0.25, -0.2) is 0 Å². The van der Waals surface area contributed by atoms with Crippen molar-refractivity contribution in [2.24, 2.45) is 0 Å². The third-order valence-electron chi connectivity index (χ3n) is 8.27. The second kappa shape index (κ2) is 11.0. The van der Waals surface area contributed by atoms with Crippen molar-refractivity contribution in [2.45, 2.75) is 6.92 Å². The van der Waals surface area contributed by atoms with Crippen LogP contribution >= 0.6 is 0 Å². The Morgan fingerprint density at radius 3 is 1.38 bits per heavy atom. The van der Waals surface area contributed by atoms with E-state index in [0.717, 1.165) is 11.3 Å². The zero-order valence-electron chi connectivity index (χ0n) is 23.5. The number of nitrogens with zero attached hydrogens (tertiary/aromatic N) is 1. The van der Waals surface area contributed by atoms with Gasteiger partial charge in [0.25, 0.3) is 0 Å². The van der Waals surface area contributed by atoms with Gasteiger partial charge in [0.1, 0.15) is 0 Å². The van der Waals surface area contributed by atoms with E-state index in [-0.39, 0.29) is 0 Å². The quantitative estimate of drug-likeness (QED) is 0.151. The summed E-state index contributed by atoms with van der Waals surface area (Å²) in [4.78, 5) is 0. The summed E-state index contributed by atoms with van der Waals surface area (Å²) in [5, 5.41) is 5.32. The molecule has 0 aliphatic rings. The second-order valence-electron chi connectivity index (χ2n) is 10.6. The van der Waals surface area contributed by atoms with Gasteiger partial charge < -0.3 is 8.98 Å². The molecule has 0 atom stereocenters. The average Bonchev–Trinajstić information content (AvgIpc) is 3.70. The van der Waals surface area contributed by atoms with E-state index in [2.05, 4.69) is 169 Å². The third kappa shape index (κ3) is 4.18. The lowest BCUT2D eigenvalue weighted by Crippen LogP contribution is -2.76. The first-order chi connectivity index (χ1) is 20.8. The second-order valence-corrected chi connectivity index (χ2v) is 14.3. The molecular weight excluding hydrogens is 527 g/mol. The van der Waals surface area contributed by atoms with Gasteiger partial charge in [-0.05, 0) is 46.2 Å². The molecule has 202 valence electrons. The van der Waals surface area contributed by atoms with Crippen molar-refractivity contribution in [2.75, 3.05) is 0 Å². The van der Waals surface area contributed by atoms with Crippen LogP contribution in [0.2, 0.25) is 0 Å². The van der Waals surface area contributed by atoms with E-state index in [1.54, 1.807) is 6.26 Å². The molecule has 0 amide bonds. The fraction of sp³-hybridized carbons (Fsp3) is 0.0256. The van der Waals surface area contributed by atoms with E-state index < -0.39 is 8.07 Å². The van der Waals surface area contributed by atoms with Gasteiger partial charge in [0.15, 0.2) is 0 Å². The Hall–Kier alpha value is -5.12. The monoisotopic (exact) mass is 557 g/mol. The van der Waals surface area contributed by atoms with Crippen molar-refractivity contribution in [1.82, 2.24) is 4.57 Å². The van der Waals surface area contributed by atoms with E-state index in [1.165, 1.54) is 43.3 Å². The molecule has 5 aromatic carbocycles. The third-order valence-corrected chi connectivity index (χ3v) is 13.1. The van der Waals surface area contributed by atoms with Gasteiger partial charge in [0.05, 0.1) is 12.5 Å². The number of hydrogen-bond donors (Lipinski definition) is 0. The van der Waals surface area contributed by atoms with Crippen LogP contribution in [0.1, 0.15) is 5.69 Å². The van der Waals surface area contributed by atoms with Crippen molar-refractivity contribution < 1.29 is 4.42 Å². The fourth-order valence-electron chi connectivity index (χ4n) is 6.57. The minimum Gasteiger partial charge on any atom is -0.472 e. The lowest BCUT2D eigenvalue weighted by molar-refractivity contribution is 0.568. The Bertz CT molecular complexity index is 1800. The van der Waals surface area contributed by atoms with Gasteiger partial charge in [0.2, 0.25) is 8.07 Å². The summed E-state index contributed by atoms with van der Waals surface area (Å²) in [6.07, 6.45) is 3.69. The highest BCUT2D eigenvalue weighted by Gasteiger charge is 2.47. The molecule has 2 nitrogen and oxygen atoms in total. The van der Waals surface area contributed by atoms with E-state index in [4.69, 9.17) is 4.42 Å². The zero-order valence-corrected chi connectivity index (χ0v) is 24.5. The Kier molecular flexibility index (Phi) is 6.79. The lowest BCUT2D eigenvalue weighted by Gasteiger charge is -2.36. The molecule has 0 saturated carbocycles. The van der Waals surface area contributed by atoms with Gasteiger partial charge in [-0.3, -0.25) is 0 Å². The molecule has 2 heterocycles. The Balaban J connectivity index is 1.77. The molecule has 0 bridgehead atoms.